The molecule has 1 aromatic rings. The van der Waals surface area contributed by atoms with Crippen LogP contribution in [0, 0.1) is 12.3 Å². The predicted molar refractivity (Wildman–Crippen MR) is 93.1 cm³/mol. The van der Waals surface area contributed by atoms with Crippen LogP contribution in [0.3, 0.4) is 0 Å². The number of carbonyl (C=O) groups excluding carboxylic acids is 2. The molecule has 1 aromatic heterocycles. The number of carbonyl (C=O) groups is 2. The number of rotatable bonds is 2. The fourth-order valence-electron chi connectivity index (χ4n) is 2.54. The predicted octanol–water partition coefficient (Wildman–Crippen LogP) is 3.29. The summed E-state index contributed by atoms with van der Waals surface area (Å²) in [5.41, 5.74) is 0.438. The van der Waals surface area contributed by atoms with Gasteiger partial charge in [-0.05, 0) is 32.4 Å². The Kier molecular flexibility index (Phi) is 5.16. The van der Waals surface area contributed by atoms with Crippen LogP contribution in [0.25, 0.3) is 0 Å². The van der Waals surface area contributed by atoms with Crippen molar-refractivity contribution in [3.63, 3.8) is 0 Å². The lowest BCUT2D eigenvalue weighted by atomic mass is 9.96. The van der Waals surface area contributed by atoms with E-state index in [2.05, 4.69) is 5.32 Å². The van der Waals surface area contributed by atoms with E-state index in [1.807, 2.05) is 52.5 Å². The molecule has 2 amide bonds. The zero-order chi connectivity index (χ0) is 17.4. The number of thiophene rings is 1. The van der Waals surface area contributed by atoms with Crippen molar-refractivity contribution in [1.29, 1.82) is 0 Å². The molecule has 1 fully saturated rings. The molecule has 0 radical (unpaired) electrons. The van der Waals surface area contributed by atoms with Gasteiger partial charge in [0, 0.05) is 18.5 Å². The quantitative estimate of drug-likeness (QED) is 0.900. The lowest BCUT2D eigenvalue weighted by Crippen LogP contribution is -2.48. The Bertz CT molecular complexity index is 593. The van der Waals surface area contributed by atoms with Crippen molar-refractivity contribution in [3.8, 4) is 0 Å². The van der Waals surface area contributed by atoms with E-state index in [0.29, 0.717) is 18.0 Å². The molecule has 0 aromatic carbocycles. The fraction of sp³-hybridized carbons (Fsp3) is 0.647. The number of nitrogens with one attached hydrogen (secondary N) is 1. The molecule has 1 saturated heterocycles. The van der Waals surface area contributed by atoms with Gasteiger partial charge in [0.1, 0.15) is 0 Å². The number of hydrogen-bond acceptors (Lipinski definition) is 4. The second kappa shape index (κ2) is 6.61. The number of nitrogens with zero attached hydrogens (tertiary/aromatic N) is 1. The molecule has 128 valence electrons. The van der Waals surface area contributed by atoms with Gasteiger partial charge >= 0.3 is 0 Å². The Morgan fingerprint density at radius 2 is 1.83 bits per heavy atom. The fourth-order valence-corrected chi connectivity index (χ4v) is 3.58. The molecule has 2 rings (SSSR count). The lowest BCUT2D eigenvalue weighted by molar-refractivity contribution is -0.123. The largest absolute Gasteiger partial charge is 0.372 e. The van der Waals surface area contributed by atoms with Gasteiger partial charge in [0.15, 0.2) is 0 Å². The summed E-state index contributed by atoms with van der Waals surface area (Å²) in [6, 6.07) is 1.87. The van der Waals surface area contributed by atoms with Crippen molar-refractivity contribution in [3.05, 3.63) is 16.5 Å². The third-order valence-corrected chi connectivity index (χ3v) is 4.88. The smallest absolute Gasteiger partial charge is 0.264 e. The zero-order valence-corrected chi connectivity index (χ0v) is 15.5. The van der Waals surface area contributed by atoms with Gasteiger partial charge in [-0.25, -0.2) is 0 Å². The van der Waals surface area contributed by atoms with Crippen LogP contribution in [-0.4, -0.2) is 42.0 Å². The van der Waals surface area contributed by atoms with Gasteiger partial charge in [-0.1, -0.05) is 20.8 Å². The maximum Gasteiger partial charge on any atom is 0.264 e. The van der Waals surface area contributed by atoms with E-state index < -0.39 is 5.41 Å². The Hall–Kier alpha value is -1.40. The maximum absolute atomic E-state index is 12.8. The minimum Gasteiger partial charge on any atom is -0.372 e. The molecule has 5 nitrogen and oxygen atoms in total. The van der Waals surface area contributed by atoms with Gasteiger partial charge in [-0.15, -0.1) is 11.3 Å². The summed E-state index contributed by atoms with van der Waals surface area (Å²) in [5.74, 6) is -0.0304. The summed E-state index contributed by atoms with van der Waals surface area (Å²) in [6.07, 6.45) is 0.0889. The average Bonchev–Trinajstić information content (AvgIpc) is 2.76. The Morgan fingerprint density at radius 1 is 1.26 bits per heavy atom. The highest BCUT2D eigenvalue weighted by Gasteiger charge is 2.29. The van der Waals surface area contributed by atoms with Crippen molar-refractivity contribution in [2.45, 2.75) is 53.8 Å². The summed E-state index contributed by atoms with van der Waals surface area (Å²) < 4.78 is 5.68. The molecule has 1 aliphatic rings. The van der Waals surface area contributed by atoms with Crippen molar-refractivity contribution in [2.75, 3.05) is 18.4 Å². The molecule has 0 bridgehead atoms. The van der Waals surface area contributed by atoms with Crippen molar-refractivity contribution in [2.24, 2.45) is 5.41 Å². The first kappa shape index (κ1) is 17.9. The summed E-state index contributed by atoms with van der Waals surface area (Å²) in [4.78, 5) is 27.4. The highest BCUT2D eigenvalue weighted by molar-refractivity contribution is 7.18. The molecule has 2 atom stereocenters. The minimum absolute atomic E-state index is 0.0192. The lowest BCUT2D eigenvalue weighted by Gasteiger charge is -2.35. The van der Waals surface area contributed by atoms with Gasteiger partial charge in [0.25, 0.3) is 5.91 Å². The van der Waals surface area contributed by atoms with Gasteiger partial charge in [-0.2, -0.15) is 0 Å². The number of ether oxygens (including phenoxy) is 1. The summed E-state index contributed by atoms with van der Waals surface area (Å²) in [6.45, 7) is 12.7. The van der Waals surface area contributed by atoms with Gasteiger partial charge < -0.3 is 15.0 Å². The van der Waals surface area contributed by atoms with E-state index in [4.69, 9.17) is 4.74 Å². The molecule has 0 aliphatic carbocycles. The van der Waals surface area contributed by atoms with Crippen LogP contribution in [0.1, 0.15) is 49.9 Å². The van der Waals surface area contributed by atoms with Crippen LogP contribution in [0.5, 0.6) is 0 Å². The third kappa shape index (κ3) is 4.32. The first-order valence-corrected chi connectivity index (χ1v) is 8.76. The van der Waals surface area contributed by atoms with Crippen LogP contribution in [0.4, 0.5) is 5.00 Å². The molecule has 0 unspecified atom stereocenters. The van der Waals surface area contributed by atoms with Crippen LogP contribution in [0.15, 0.2) is 6.07 Å². The Morgan fingerprint density at radius 3 is 2.35 bits per heavy atom. The molecule has 0 saturated carbocycles. The summed E-state index contributed by atoms with van der Waals surface area (Å²) >= 11 is 1.34. The second-order valence-corrected chi connectivity index (χ2v) is 8.35. The molecule has 1 N–H and O–H groups in total. The van der Waals surface area contributed by atoms with E-state index in [-0.39, 0.29) is 24.0 Å². The SMILES string of the molecule is Cc1cc(NC(=O)C(C)(C)C)sc1C(=O)N1C[C@H](C)O[C@@H](C)C1. The normalized spacial score (nSPS) is 22.1. The van der Waals surface area contributed by atoms with Crippen molar-refractivity contribution in [1.82, 2.24) is 4.90 Å². The Balaban J connectivity index is 2.14. The molecule has 6 heteroatoms. The molecular formula is C17H26N2O3S. The van der Waals surface area contributed by atoms with Crippen molar-refractivity contribution < 1.29 is 14.3 Å². The van der Waals surface area contributed by atoms with Crippen LogP contribution in [-0.2, 0) is 9.53 Å². The molecule has 2 heterocycles. The number of anilines is 1. The summed E-state index contributed by atoms with van der Waals surface area (Å²) in [7, 11) is 0. The van der Waals surface area contributed by atoms with Crippen molar-refractivity contribution >= 4 is 28.2 Å². The molecular weight excluding hydrogens is 312 g/mol. The van der Waals surface area contributed by atoms with E-state index in [1.165, 1.54) is 11.3 Å². The van der Waals surface area contributed by atoms with E-state index >= 15 is 0 Å². The summed E-state index contributed by atoms with van der Waals surface area (Å²) in [5, 5.41) is 3.62. The average molecular weight is 338 g/mol. The first-order chi connectivity index (χ1) is 10.6. The molecule has 0 spiro atoms. The minimum atomic E-state index is -0.461. The number of morpholine rings is 1. The van der Waals surface area contributed by atoms with Gasteiger partial charge in [0.05, 0.1) is 22.1 Å². The van der Waals surface area contributed by atoms with Crippen LogP contribution < -0.4 is 5.32 Å². The van der Waals surface area contributed by atoms with E-state index in [0.717, 1.165) is 10.6 Å². The first-order valence-electron chi connectivity index (χ1n) is 7.94. The van der Waals surface area contributed by atoms with Gasteiger partial charge in [-0.3, -0.25) is 9.59 Å². The molecule has 1 aliphatic heterocycles. The number of amides is 2. The topological polar surface area (TPSA) is 58.6 Å². The monoisotopic (exact) mass is 338 g/mol. The van der Waals surface area contributed by atoms with Crippen LogP contribution in [0.2, 0.25) is 0 Å². The highest BCUT2D eigenvalue weighted by Crippen LogP contribution is 2.30. The maximum atomic E-state index is 12.8. The van der Waals surface area contributed by atoms with Crippen LogP contribution >= 0.6 is 11.3 Å². The number of hydrogen-bond donors (Lipinski definition) is 1. The molecule has 23 heavy (non-hydrogen) atoms. The zero-order valence-electron chi connectivity index (χ0n) is 14.7. The standard InChI is InChI=1S/C17H26N2O3S/c1-10-7-13(18-16(21)17(4,5)6)23-14(10)15(20)19-8-11(2)22-12(3)9-19/h7,11-12H,8-9H2,1-6H3,(H,18,21)/t11-,12-/m0/s1. The third-order valence-electron chi connectivity index (χ3n) is 3.74. The Labute approximate surface area is 142 Å². The van der Waals surface area contributed by atoms with E-state index in [1.54, 1.807) is 0 Å². The van der Waals surface area contributed by atoms with Gasteiger partial charge in [0.2, 0.25) is 5.91 Å². The second-order valence-electron chi connectivity index (χ2n) is 7.29. The number of aryl methyl sites for hydroxylation is 1. The highest BCUT2D eigenvalue weighted by atomic mass is 32.1. The van der Waals surface area contributed by atoms with E-state index in [9.17, 15) is 9.59 Å².